The fraction of sp³-hybridized carbons (Fsp3) is 0.500. The van der Waals surface area contributed by atoms with Gasteiger partial charge in [-0.3, -0.25) is 0 Å². The highest BCUT2D eigenvalue weighted by atomic mass is 16.2. The van der Waals surface area contributed by atoms with Gasteiger partial charge in [-0.15, -0.1) is 5.10 Å². The summed E-state index contributed by atoms with van der Waals surface area (Å²) in [6.45, 7) is 3.70. The van der Waals surface area contributed by atoms with Gasteiger partial charge in [0, 0.05) is 6.04 Å². The van der Waals surface area contributed by atoms with Crippen LogP contribution in [0.3, 0.4) is 0 Å². The van der Waals surface area contributed by atoms with E-state index < -0.39 is 0 Å². The molecular weight excluding hydrogens is 158 g/mol. The van der Waals surface area contributed by atoms with Crippen molar-refractivity contribution in [1.82, 2.24) is 20.3 Å². The van der Waals surface area contributed by atoms with Gasteiger partial charge in [-0.1, -0.05) is 4.80 Å². The summed E-state index contributed by atoms with van der Waals surface area (Å²) in [7, 11) is 0. The summed E-state index contributed by atoms with van der Waals surface area (Å²) in [5.74, 6) is 0.230. The van der Waals surface area contributed by atoms with Crippen molar-refractivity contribution in [2.75, 3.05) is 5.73 Å². The van der Waals surface area contributed by atoms with Crippen molar-refractivity contribution < 1.29 is 4.79 Å². The van der Waals surface area contributed by atoms with E-state index in [4.69, 9.17) is 5.73 Å². The molecule has 1 rings (SSSR count). The first-order valence-electron chi connectivity index (χ1n) is 3.58. The Hall–Kier alpha value is -1.59. The van der Waals surface area contributed by atoms with E-state index in [-0.39, 0.29) is 17.9 Å². The summed E-state index contributed by atoms with van der Waals surface area (Å²) in [4.78, 5) is 12.1. The maximum absolute atomic E-state index is 11.1. The van der Waals surface area contributed by atoms with Crippen LogP contribution >= 0.6 is 0 Å². The summed E-state index contributed by atoms with van der Waals surface area (Å²) in [6.07, 6.45) is 1.32. The molecule has 12 heavy (non-hydrogen) atoms. The van der Waals surface area contributed by atoms with E-state index in [1.165, 1.54) is 6.20 Å². The van der Waals surface area contributed by atoms with Gasteiger partial charge in [0.15, 0.2) is 5.82 Å². The Morgan fingerprint density at radius 2 is 2.42 bits per heavy atom. The van der Waals surface area contributed by atoms with Crippen LogP contribution in [0.1, 0.15) is 13.8 Å². The van der Waals surface area contributed by atoms with Crippen LogP contribution in [-0.2, 0) is 0 Å². The number of aromatic nitrogens is 3. The molecule has 0 aliphatic carbocycles. The summed E-state index contributed by atoms with van der Waals surface area (Å²) in [6, 6.07) is -0.313. The van der Waals surface area contributed by atoms with E-state index in [9.17, 15) is 4.79 Å². The molecular formula is C6H11N5O. The van der Waals surface area contributed by atoms with Gasteiger partial charge in [0.2, 0.25) is 0 Å². The molecule has 6 heteroatoms. The molecule has 1 amide bonds. The van der Waals surface area contributed by atoms with E-state index in [0.717, 1.165) is 4.80 Å². The molecule has 1 heterocycles. The van der Waals surface area contributed by atoms with Crippen molar-refractivity contribution in [3.8, 4) is 0 Å². The van der Waals surface area contributed by atoms with Crippen molar-refractivity contribution in [2.24, 2.45) is 0 Å². The molecule has 0 spiro atoms. The topological polar surface area (TPSA) is 85.8 Å². The number of carbonyl (C=O) groups excluding carboxylic acids is 1. The standard InChI is InChI=1S/C6H11N5O/c1-4(2)9-6(12)11-8-3-5(7)10-11/h3-4H,1-2H3,(H2,7,10)(H,9,12). The van der Waals surface area contributed by atoms with Gasteiger partial charge in [0.1, 0.15) is 0 Å². The maximum atomic E-state index is 11.1. The van der Waals surface area contributed by atoms with E-state index in [1.54, 1.807) is 0 Å². The molecule has 3 N–H and O–H groups in total. The summed E-state index contributed by atoms with van der Waals surface area (Å²) < 4.78 is 0. The van der Waals surface area contributed by atoms with Crippen molar-refractivity contribution in [3.63, 3.8) is 0 Å². The largest absolute Gasteiger partial charge is 0.381 e. The normalized spacial score (nSPS) is 10.2. The molecule has 0 fully saturated rings. The minimum atomic E-state index is -0.373. The lowest BCUT2D eigenvalue weighted by molar-refractivity contribution is 0.233. The van der Waals surface area contributed by atoms with Gasteiger partial charge >= 0.3 is 6.03 Å². The van der Waals surface area contributed by atoms with Crippen LogP contribution in [0.25, 0.3) is 0 Å². The second kappa shape index (κ2) is 3.21. The predicted octanol–water partition coefficient (Wildman–Crippen LogP) is -0.174. The van der Waals surface area contributed by atoms with Crippen LogP contribution < -0.4 is 11.1 Å². The highest BCUT2D eigenvalue weighted by Gasteiger charge is 2.07. The number of rotatable bonds is 1. The third-order valence-corrected chi connectivity index (χ3v) is 1.10. The number of anilines is 1. The molecule has 1 aromatic rings. The molecule has 0 unspecified atom stereocenters. The van der Waals surface area contributed by atoms with Gasteiger partial charge in [0.05, 0.1) is 6.20 Å². The first-order chi connectivity index (χ1) is 5.59. The molecule has 66 valence electrons. The summed E-state index contributed by atoms with van der Waals surface area (Å²) >= 11 is 0. The Kier molecular flexibility index (Phi) is 2.27. The van der Waals surface area contributed by atoms with Gasteiger partial charge < -0.3 is 11.1 Å². The van der Waals surface area contributed by atoms with Gasteiger partial charge in [-0.2, -0.15) is 5.10 Å². The zero-order valence-electron chi connectivity index (χ0n) is 6.98. The first-order valence-corrected chi connectivity index (χ1v) is 3.58. The number of nitrogens with one attached hydrogen (secondary N) is 1. The minimum Gasteiger partial charge on any atom is -0.381 e. The number of carbonyl (C=O) groups is 1. The van der Waals surface area contributed by atoms with Crippen LogP contribution in [0, 0.1) is 0 Å². The highest BCUT2D eigenvalue weighted by Crippen LogP contribution is 1.90. The molecule has 0 aliphatic heterocycles. The lowest BCUT2D eigenvalue weighted by atomic mass is 10.4. The monoisotopic (exact) mass is 169 g/mol. The fourth-order valence-corrected chi connectivity index (χ4v) is 0.677. The van der Waals surface area contributed by atoms with E-state index in [2.05, 4.69) is 15.5 Å². The number of amides is 1. The number of nitrogens with zero attached hydrogens (tertiary/aromatic N) is 3. The molecule has 0 atom stereocenters. The smallest absolute Gasteiger partial charge is 0.359 e. The predicted molar refractivity (Wildman–Crippen MR) is 43.5 cm³/mol. The zero-order chi connectivity index (χ0) is 9.14. The number of hydrogen-bond acceptors (Lipinski definition) is 4. The molecule has 0 saturated carbocycles. The van der Waals surface area contributed by atoms with Gasteiger partial charge in [0.25, 0.3) is 0 Å². The Labute approximate surface area is 69.7 Å². The molecule has 0 bridgehead atoms. The first kappa shape index (κ1) is 8.51. The lowest BCUT2D eigenvalue weighted by Gasteiger charge is -2.05. The SMILES string of the molecule is CC(C)NC(=O)n1ncc(N)n1. The molecule has 6 nitrogen and oxygen atoms in total. The third kappa shape index (κ3) is 1.94. The highest BCUT2D eigenvalue weighted by molar-refractivity contribution is 5.75. The second-order valence-corrected chi connectivity index (χ2v) is 2.66. The number of hydrogen-bond donors (Lipinski definition) is 2. The van der Waals surface area contributed by atoms with E-state index in [1.807, 2.05) is 13.8 Å². The van der Waals surface area contributed by atoms with Crippen molar-refractivity contribution >= 4 is 11.8 Å². The van der Waals surface area contributed by atoms with Gasteiger partial charge in [-0.25, -0.2) is 4.79 Å². The van der Waals surface area contributed by atoms with Crippen LogP contribution in [0.5, 0.6) is 0 Å². The van der Waals surface area contributed by atoms with Crippen LogP contribution in [-0.4, -0.2) is 27.1 Å². The average Bonchev–Trinajstić information content (AvgIpc) is 2.34. The minimum absolute atomic E-state index is 0.0599. The van der Waals surface area contributed by atoms with E-state index in [0.29, 0.717) is 0 Å². The van der Waals surface area contributed by atoms with Crippen LogP contribution in [0.4, 0.5) is 10.6 Å². The van der Waals surface area contributed by atoms with Crippen LogP contribution in [0.2, 0.25) is 0 Å². The number of nitrogen functional groups attached to an aromatic ring is 1. The zero-order valence-corrected chi connectivity index (χ0v) is 6.98. The molecule has 1 aromatic heterocycles. The lowest BCUT2D eigenvalue weighted by Crippen LogP contribution is -2.35. The van der Waals surface area contributed by atoms with Crippen molar-refractivity contribution in [2.45, 2.75) is 19.9 Å². The molecule has 0 aliphatic rings. The van der Waals surface area contributed by atoms with Crippen LogP contribution in [0.15, 0.2) is 6.20 Å². The Bertz CT molecular complexity index is 279. The fourth-order valence-electron chi connectivity index (χ4n) is 0.677. The Morgan fingerprint density at radius 3 is 2.83 bits per heavy atom. The van der Waals surface area contributed by atoms with E-state index >= 15 is 0 Å². The third-order valence-electron chi connectivity index (χ3n) is 1.10. The van der Waals surface area contributed by atoms with Crippen molar-refractivity contribution in [1.29, 1.82) is 0 Å². The summed E-state index contributed by atoms with van der Waals surface area (Å²) in [5, 5.41) is 9.89. The molecule has 0 saturated heterocycles. The number of nitrogens with two attached hydrogens (primary N) is 1. The Morgan fingerprint density at radius 1 is 1.75 bits per heavy atom. The second-order valence-electron chi connectivity index (χ2n) is 2.66. The molecule has 0 radical (unpaired) electrons. The quantitative estimate of drug-likeness (QED) is 0.611. The van der Waals surface area contributed by atoms with Gasteiger partial charge in [-0.05, 0) is 13.8 Å². The summed E-state index contributed by atoms with van der Waals surface area (Å²) in [5.41, 5.74) is 5.27. The molecule has 0 aromatic carbocycles. The maximum Gasteiger partial charge on any atom is 0.359 e. The Balaban J connectivity index is 2.65. The van der Waals surface area contributed by atoms with Crippen molar-refractivity contribution in [3.05, 3.63) is 6.20 Å². The average molecular weight is 169 g/mol.